The number of nitrogens with zero attached hydrogens (tertiary/aromatic N) is 1. The first kappa shape index (κ1) is 15.1. The molecule has 0 atom stereocenters. The molecule has 1 aliphatic rings. The molecule has 0 radical (unpaired) electrons. The molecule has 20 heavy (non-hydrogen) atoms. The smallest absolute Gasteiger partial charge is 0.373 e. The van der Waals surface area contributed by atoms with E-state index in [0.717, 1.165) is 31.7 Å². The first-order valence-corrected chi connectivity index (χ1v) is 7.24. The molecular formula is C15H24N2O3. The molecule has 0 aliphatic carbocycles. The number of methoxy groups -OCH3 is 1. The quantitative estimate of drug-likeness (QED) is 0.836. The normalized spacial score (nSPS) is 17.6. The Hall–Kier alpha value is -1.33. The molecule has 112 valence electrons. The van der Waals surface area contributed by atoms with E-state index in [4.69, 9.17) is 4.42 Å². The zero-order valence-corrected chi connectivity index (χ0v) is 12.5. The Morgan fingerprint density at radius 3 is 2.75 bits per heavy atom. The lowest BCUT2D eigenvalue weighted by atomic mass is 10.0. The highest BCUT2D eigenvalue weighted by molar-refractivity contribution is 5.86. The predicted octanol–water partition coefficient (Wildman–Crippen LogP) is 2.03. The molecule has 0 saturated carbocycles. The number of esters is 1. The zero-order chi connectivity index (χ0) is 14.5. The summed E-state index contributed by atoms with van der Waals surface area (Å²) in [5, 5.41) is 3.50. The van der Waals surface area contributed by atoms with Gasteiger partial charge in [-0.1, -0.05) is 0 Å². The van der Waals surface area contributed by atoms with Crippen LogP contribution in [0.3, 0.4) is 0 Å². The van der Waals surface area contributed by atoms with Crippen molar-refractivity contribution in [3.8, 4) is 0 Å². The Kier molecular flexibility index (Phi) is 5.20. The molecule has 1 aromatic rings. The van der Waals surface area contributed by atoms with Gasteiger partial charge in [-0.05, 0) is 51.9 Å². The second kappa shape index (κ2) is 6.90. The Bertz CT molecular complexity index is 434. The van der Waals surface area contributed by atoms with Crippen molar-refractivity contribution >= 4 is 5.97 Å². The Morgan fingerprint density at radius 2 is 2.15 bits per heavy atom. The van der Waals surface area contributed by atoms with Crippen molar-refractivity contribution in [1.29, 1.82) is 0 Å². The molecule has 0 spiro atoms. The third-order valence-electron chi connectivity index (χ3n) is 3.87. The van der Waals surface area contributed by atoms with Crippen LogP contribution in [0.4, 0.5) is 0 Å². The van der Waals surface area contributed by atoms with Gasteiger partial charge in [0.1, 0.15) is 5.76 Å². The van der Waals surface area contributed by atoms with Crippen LogP contribution in [0.2, 0.25) is 0 Å². The summed E-state index contributed by atoms with van der Waals surface area (Å²) in [6.07, 6.45) is 2.31. The van der Waals surface area contributed by atoms with Crippen molar-refractivity contribution in [3.63, 3.8) is 0 Å². The monoisotopic (exact) mass is 280 g/mol. The predicted molar refractivity (Wildman–Crippen MR) is 76.6 cm³/mol. The molecule has 5 heteroatoms. The van der Waals surface area contributed by atoms with Crippen molar-refractivity contribution in [1.82, 2.24) is 10.2 Å². The van der Waals surface area contributed by atoms with Gasteiger partial charge in [-0.3, -0.25) is 0 Å². The van der Waals surface area contributed by atoms with E-state index in [-0.39, 0.29) is 5.76 Å². The second-order valence-corrected chi connectivity index (χ2v) is 5.54. The van der Waals surface area contributed by atoms with E-state index in [2.05, 4.69) is 28.8 Å². The maximum Gasteiger partial charge on any atom is 0.373 e. The van der Waals surface area contributed by atoms with E-state index < -0.39 is 5.97 Å². The van der Waals surface area contributed by atoms with Gasteiger partial charge in [-0.15, -0.1) is 0 Å². The molecule has 2 rings (SSSR count). The number of carbonyl (C=O) groups excluding carboxylic acids is 1. The molecule has 5 nitrogen and oxygen atoms in total. The van der Waals surface area contributed by atoms with Gasteiger partial charge in [0, 0.05) is 12.1 Å². The largest absolute Gasteiger partial charge is 0.463 e. The molecule has 1 N–H and O–H groups in total. The zero-order valence-electron chi connectivity index (χ0n) is 12.5. The first-order chi connectivity index (χ1) is 9.60. The van der Waals surface area contributed by atoms with Crippen LogP contribution in [0.1, 0.15) is 43.0 Å². The topological polar surface area (TPSA) is 54.7 Å². The van der Waals surface area contributed by atoms with E-state index >= 15 is 0 Å². The molecular weight excluding hydrogens is 256 g/mol. The number of hydrogen-bond donors (Lipinski definition) is 1. The van der Waals surface area contributed by atoms with Gasteiger partial charge in [-0.25, -0.2) is 4.79 Å². The fraction of sp³-hybridized carbons (Fsp3) is 0.667. The Balaban J connectivity index is 1.76. The molecule has 0 unspecified atom stereocenters. The summed E-state index contributed by atoms with van der Waals surface area (Å²) >= 11 is 0. The molecule has 0 bridgehead atoms. The van der Waals surface area contributed by atoms with Gasteiger partial charge in [0.05, 0.1) is 13.7 Å². The van der Waals surface area contributed by atoms with E-state index in [0.29, 0.717) is 18.6 Å². The summed E-state index contributed by atoms with van der Waals surface area (Å²) in [5.74, 6) is 0.608. The van der Waals surface area contributed by atoms with Gasteiger partial charge >= 0.3 is 5.97 Å². The van der Waals surface area contributed by atoms with E-state index in [1.54, 1.807) is 6.07 Å². The number of hydrogen-bond acceptors (Lipinski definition) is 5. The fourth-order valence-corrected chi connectivity index (χ4v) is 2.55. The van der Waals surface area contributed by atoms with Crippen molar-refractivity contribution in [2.24, 2.45) is 0 Å². The van der Waals surface area contributed by atoms with Crippen LogP contribution in [-0.4, -0.2) is 43.2 Å². The van der Waals surface area contributed by atoms with Gasteiger partial charge in [-0.2, -0.15) is 0 Å². The maximum atomic E-state index is 11.3. The van der Waals surface area contributed by atoms with Crippen molar-refractivity contribution < 1.29 is 13.9 Å². The summed E-state index contributed by atoms with van der Waals surface area (Å²) < 4.78 is 10.1. The highest BCUT2D eigenvalue weighted by Crippen LogP contribution is 2.14. The van der Waals surface area contributed by atoms with Gasteiger partial charge in [0.25, 0.3) is 0 Å². The van der Waals surface area contributed by atoms with Gasteiger partial charge < -0.3 is 19.4 Å². The number of piperidine rings is 1. The molecule has 0 aromatic carbocycles. The SMILES string of the molecule is COC(=O)c1ccc(CNC2CCN(C(C)C)CC2)o1. The molecule has 2 heterocycles. The Labute approximate surface area is 120 Å². The van der Waals surface area contributed by atoms with Crippen molar-refractivity contribution in [3.05, 3.63) is 23.7 Å². The lowest BCUT2D eigenvalue weighted by Crippen LogP contribution is -2.44. The maximum absolute atomic E-state index is 11.3. The summed E-state index contributed by atoms with van der Waals surface area (Å²) in [6.45, 7) is 7.42. The van der Waals surface area contributed by atoms with Crippen LogP contribution in [0, 0.1) is 0 Å². The van der Waals surface area contributed by atoms with Crippen LogP contribution in [0.5, 0.6) is 0 Å². The average Bonchev–Trinajstić information content (AvgIpc) is 2.93. The van der Waals surface area contributed by atoms with Crippen LogP contribution < -0.4 is 5.32 Å². The van der Waals surface area contributed by atoms with Crippen molar-refractivity contribution in [2.45, 2.75) is 45.3 Å². The highest BCUT2D eigenvalue weighted by atomic mass is 16.5. The molecule has 1 saturated heterocycles. The standard InChI is InChI=1S/C15H24N2O3/c1-11(2)17-8-6-12(7-9-17)16-10-13-4-5-14(20-13)15(18)19-3/h4-5,11-12,16H,6-10H2,1-3H3. The fourth-order valence-electron chi connectivity index (χ4n) is 2.55. The summed E-state index contributed by atoms with van der Waals surface area (Å²) in [4.78, 5) is 13.8. The average molecular weight is 280 g/mol. The van der Waals surface area contributed by atoms with Crippen LogP contribution >= 0.6 is 0 Å². The minimum Gasteiger partial charge on any atom is -0.463 e. The second-order valence-electron chi connectivity index (χ2n) is 5.54. The highest BCUT2D eigenvalue weighted by Gasteiger charge is 2.20. The van der Waals surface area contributed by atoms with E-state index in [1.165, 1.54) is 7.11 Å². The minimum atomic E-state index is -0.429. The third-order valence-corrected chi connectivity index (χ3v) is 3.87. The summed E-state index contributed by atoms with van der Waals surface area (Å²) in [6, 6.07) is 4.63. The lowest BCUT2D eigenvalue weighted by Gasteiger charge is -2.34. The van der Waals surface area contributed by atoms with Crippen LogP contribution in [-0.2, 0) is 11.3 Å². The molecule has 0 amide bonds. The van der Waals surface area contributed by atoms with Crippen LogP contribution in [0.25, 0.3) is 0 Å². The number of nitrogens with one attached hydrogen (secondary N) is 1. The van der Waals surface area contributed by atoms with Crippen LogP contribution in [0.15, 0.2) is 16.5 Å². The number of likely N-dealkylation sites (tertiary alicyclic amines) is 1. The molecule has 1 aliphatic heterocycles. The number of rotatable bonds is 5. The number of furan rings is 1. The Morgan fingerprint density at radius 1 is 1.45 bits per heavy atom. The summed E-state index contributed by atoms with van der Waals surface area (Å²) in [7, 11) is 1.35. The number of carbonyl (C=O) groups is 1. The minimum absolute atomic E-state index is 0.263. The molecule has 1 fully saturated rings. The first-order valence-electron chi connectivity index (χ1n) is 7.24. The van der Waals surface area contributed by atoms with Gasteiger partial charge in [0.15, 0.2) is 0 Å². The van der Waals surface area contributed by atoms with E-state index in [9.17, 15) is 4.79 Å². The van der Waals surface area contributed by atoms with Gasteiger partial charge in [0.2, 0.25) is 5.76 Å². The third kappa shape index (κ3) is 3.84. The van der Waals surface area contributed by atoms with Crippen molar-refractivity contribution in [2.75, 3.05) is 20.2 Å². The lowest BCUT2D eigenvalue weighted by molar-refractivity contribution is 0.0562. The summed E-state index contributed by atoms with van der Waals surface area (Å²) in [5.41, 5.74) is 0. The number of ether oxygens (including phenoxy) is 1. The van der Waals surface area contributed by atoms with E-state index in [1.807, 2.05) is 6.07 Å². The molecule has 1 aromatic heterocycles.